The Balaban J connectivity index is 2.03. The van der Waals surface area contributed by atoms with E-state index < -0.39 is 0 Å². The number of ketones is 1. The van der Waals surface area contributed by atoms with Gasteiger partial charge < -0.3 is 4.74 Å². The van der Waals surface area contributed by atoms with Crippen molar-refractivity contribution in [2.75, 3.05) is 7.11 Å². The highest BCUT2D eigenvalue weighted by molar-refractivity contribution is 5.96. The van der Waals surface area contributed by atoms with Gasteiger partial charge in [0.2, 0.25) is 0 Å². The van der Waals surface area contributed by atoms with Crippen LogP contribution in [0.4, 0.5) is 0 Å². The predicted octanol–water partition coefficient (Wildman–Crippen LogP) is 1.54. The van der Waals surface area contributed by atoms with Crippen LogP contribution < -0.4 is 0 Å². The molecule has 0 N–H and O–H groups in total. The molecule has 4 atom stereocenters. The van der Waals surface area contributed by atoms with E-state index in [1.165, 1.54) is 0 Å². The fraction of sp³-hybridized carbons (Fsp3) is 0.545. The summed E-state index contributed by atoms with van der Waals surface area (Å²) in [6, 6.07) is 0. The maximum atomic E-state index is 11.6. The van der Waals surface area contributed by atoms with Gasteiger partial charge in [0, 0.05) is 17.9 Å². The molecule has 0 saturated heterocycles. The summed E-state index contributed by atoms with van der Waals surface area (Å²) in [6.45, 7) is 0. The number of allylic oxidation sites excluding steroid dienone is 4. The van der Waals surface area contributed by atoms with E-state index in [9.17, 15) is 4.79 Å². The lowest BCUT2D eigenvalue weighted by atomic mass is 9.84. The van der Waals surface area contributed by atoms with E-state index >= 15 is 0 Å². The van der Waals surface area contributed by atoms with Crippen LogP contribution in [0.15, 0.2) is 24.0 Å². The number of methoxy groups -OCH3 is 1. The van der Waals surface area contributed by atoms with Gasteiger partial charge >= 0.3 is 0 Å². The molecule has 0 radical (unpaired) electrons. The van der Waals surface area contributed by atoms with Gasteiger partial charge in [-0.05, 0) is 18.3 Å². The van der Waals surface area contributed by atoms with Crippen molar-refractivity contribution in [2.24, 2.45) is 23.7 Å². The largest absolute Gasteiger partial charge is 0.501 e. The Kier molecular flexibility index (Phi) is 1.27. The molecule has 0 aromatic heterocycles. The van der Waals surface area contributed by atoms with Crippen LogP contribution in [0.25, 0.3) is 0 Å². The van der Waals surface area contributed by atoms with Gasteiger partial charge in [-0.15, -0.1) is 0 Å². The zero-order valence-electron chi connectivity index (χ0n) is 7.57. The first-order valence-corrected chi connectivity index (χ1v) is 4.79. The van der Waals surface area contributed by atoms with E-state index in [-0.39, 0.29) is 11.7 Å². The van der Waals surface area contributed by atoms with Crippen molar-refractivity contribution in [3.8, 4) is 0 Å². The topological polar surface area (TPSA) is 26.3 Å². The number of carbonyl (C=O) groups is 1. The summed E-state index contributed by atoms with van der Waals surface area (Å²) in [4.78, 5) is 11.6. The molecule has 0 aromatic rings. The number of carbonyl (C=O) groups excluding carboxylic acids is 1. The molecule has 13 heavy (non-hydrogen) atoms. The zero-order valence-corrected chi connectivity index (χ0v) is 7.57. The minimum absolute atomic E-state index is 0.213. The molecule has 0 aliphatic heterocycles. The Labute approximate surface area is 77.3 Å². The van der Waals surface area contributed by atoms with Crippen molar-refractivity contribution in [1.29, 1.82) is 0 Å². The number of ether oxygens (including phenoxy) is 1. The van der Waals surface area contributed by atoms with Crippen LogP contribution >= 0.6 is 0 Å². The first-order chi connectivity index (χ1) is 6.31. The van der Waals surface area contributed by atoms with E-state index in [4.69, 9.17) is 4.74 Å². The minimum Gasteiger partial charge on any atom is -0.501 e. The van der Waals surface area contributed by atoms with Crippen molar-refractivity contribution >= 4 is 5.78 Å². The van der Waals surface area contributed by atoms with Crippen molar-refractivity contribution in [2.45, 2.75) is 6.42 Å². The van der Waals surface area contributed by atoms with Gasteiger partial charge in [0.15, 0.2) is 5.78 Å². The lowest BCUT2D eigenvalue weighted by molar-refractivity contribution is -0.118. The molecule has 3 aliphatic carbocycles. The van der Waals surface area contributed by atoms with Crippen LogP contribution in [0.1, 0.15) is 6.42 Å². The average Bonchev–Trinajstić information content (AvgIpc) is 2.76. The van der Waals surface area contributed by atoms with Gasteiger partial charge in [-0.1, -0.05) is 12.2 Å². The molecule has 0 spiro atoms. The molecule has 1 fully saturated rings. The third kappa shape index (κ3) is 0.761. The van der Waals surface area contributed by atoms with Crippen LogP contribution in [0.3, 0.4) is 0 Å². The molecule has 0 aromatic carbocycles. The van der Waals surface area contributed by atoms with Gasteiger partial charge in [0.25, 0.3) is 0 Å². The van der Waals surface area contributed by atoms with E-state index in [0.717, 1.165) is 12.2 Å². The number of hydrogen-bond acceptors (Lipinski definition) is 2. The second-order valence-corrected chi connectivity index (χ2v) is 4.15. The van der Waals surface area contributed by atoms with Gasteiger partial charge in [0.05, 0.1) is 7.11 Å². The highest BCUT2D eigenvalue weighted by Crippen LogP contribution is 2.54. The average molecular weight is 176 g/mol. The number of rotatable bonds is 1. The molecule has 1 saturated carbocycles. The smallest absolute Gasteiger partial charge is 0.163 e. The second kappa shape index (κ2) is 2.25. The third-order valence-corrected chi connectivity index (χ3v) is 3.64. The Morgan fingerprint density at radius 2 is 2.00 bits per heavy atom. The van der Waals surface area contributed by atoms with Crippen LogP contribution in [-0.2, 0) is 9.53 Å². The van der Waals surface area contributed by atoms with E-state index in [1.807, 2.05) is 0 Å². The number of fused-ring (bicyclic) bond motifs is 5. The van der Waals surface area contributed by atoms with E-state index in [0.29, 0.717) is 17.8 Å². The lowest BCUT2D eigenvalue weighted by Gasteiger charge is -2.21. The normalized spacial score (nSPS) is 45.3. The quantitative estimate of drug-likeness (QED) is 0.566. The summed E-state index contributed by atoms with van der Waals surface area (Å²) in [6.07, 6.45) is 7.30. The molecule has 68 valence electrons. The Morgan fingerprint density at radius 3 is 2.69 bits per heavy atom. The minimum atomic E-state index is 0.213. The molecule has 0 amide bonds. The van der Waals surface area contributed by atoms with Crippen molar-refractivity contribution in [3.05, 3.63) is 24.0 Å². The van der Waals surface area contributed by atoms with Gasteiger partial charge in [0.1, 0.15) is 5.76 Å². The summed E-state index contributed by atoms with van der Waals surface area (Å²) in [5.41, 5.74) is 0. The molecule has 2 heteroatoms. The van der Waals surface area contributed by atoms with E-state index in [2.05, 4.69) is 12.2 Å². The monoisotopic (exact) mass is 176 g/mol. The zero-order chi connectivity index (χ0) is 9.00. The molecular weight excluding hydrogens is 164 g/mol. The Bertz CT molecular complexity index is 327. The van der Waals surface area contributed by atoms with Gasteiger partial charge in [-0.25, -0.2) is 0 Å². The molecule has 2 bridgehead atoms. The first-order valence-electron chi connectivity index (χ1n) is 4.79. The van der Waals surface area contributed by atoms with Crippen LogP contribution in [0, 0.1) is 23.7 Å². The fourth-order valence-corrected chi connectivity index (χ4v) is 3.13. The summed E-state index contributed by atoms with van der Waals surface area (Å²) in [5, 5.41) is 0. The van der Waals surface area contributed by atoms with E-state index in [1.54, 1.807) is 13.2 Å². The summed E-state index contributed by atoms with van der Waals surface area (Å²) in [7, 11) is 1.66. The SMILES string of the molecule is COC1=CC(=O)C2C3C=CC(C3)C12. The fourth-order valence-electron chi connectivity index (χ4n) is 3.13. The molecule has 3 aliphatic rings. The van der Waals surface area contributed by atoms with Crippen molar-refractivity contribution in [1.82, 2.24) is 0 Å². The third-order valence-electron chi connectivity index (χ3n) is 3.64. The van der Waals surface area contributed by atoms with Crippen molar-refractivity contribution in [3.63, 3.8) is 0 Å². The van der Waals surface area contributed by atoms with Crippen LogP contribution in [0.5, 0.6) is 0 Å². The first kappa shape index (κ1) is 7.36. The molecule has 0 heterocycles. The van der Waals surface area contributed by atoms with Gasteiger partial charge in [-0.3, -0.25) is 4.79 Å². The highest BCUT2D eigenvalue weighted by atomic mass is 16.5. The molecule has 3 rings (SSSR count). The molecule has 2 nitrogen and oxygen atoms in total. The maximum Gasteiger partial charge on any atom is 0.163 e. The second-order valence-electron chi connectivity index (χ2n) is 4.15. The summed E-state index contributed by atoms with van der Waals surface area (Å²) >= 11 is 0. The standard InChI is InChI=1S/C11H12O2/c1-13-9-5-8(12)10-6-2-3-7(4-6)11(9)10/h2-3,5-7,10-11H,4H2,1H3. The van der Waals surface area contributed by atoms with Gasteiger partial charge in [-0.2, -0.15) is 0 Å². The molecule has 4 unspecified atom stereocenters. The maximum absolute atomic E-state index is 11.6. The highest BCUT2D eigenvalue weighted by Gasteiger charge is 2.52. The summed E-state index contributed by atoms with van der Waals surface area (Å²) in [5.74, 6) is 2.82. The number of hydrogen-bond donors (Lipinski definition) is 0. The molecular formula is C11H12O2. The van der Waals surface area contributed by atoms with Crippen LogP contribution in [-0.4, -0.2) is 12.9 Å². The van der Waals surface area contributed by atoms with Crippen LogP contribution in [0.2, 0.25) is 0 Å². The summed E-state index contributed by atoms with van der Waals surface area (Å²) < 4.78 is 5.25. The van der Waals surface area contributed by atoms with Crippen molar-refractivity contribution < 1.29 is 9.53 Å². The Morgan fingerprint density at radius 1 is 1.31 bits per heavy atom. The lowest BCUT2D eigenvalue weighted by Crippen LogP contribution is -2.21. The predicted molar refractivity (Wildman–Crippen MR) is 47.8 cm³/mol. The Hall–Kier alpha value is -1.05.